The van der Waals surface area contributed by atoms with Gasteiger partial charge in [0.05, 0.1) is 36.4 Å². The first-order valence-corrected chi connectivity index (χ1v) is 11.2. The minimum atomic E-state index is -0.471. The maximum Gasteiger partial charge on any atom is 0.307 e. The first-order valence-electron chi connectivity index (χ1n) is 9.06. The van der Waals surface area contributed by atoms with E-state index in [9.17, 15) is 9.59 Å². The lowest BCUT2D eigenvalue weighted by molar-refractivity contribution is -0.141. The second kappa shape index (κ2) is 9.93. The van der Waals surface area contributed by atoms with Crippen LogP contribution in [0.25, 0.3) is 11.0 Å². The molecule has 0 bridgehead atoms. The summed E-state index contributed by atoms with van der Waals surface area (Å²) in [5.41, 5.74) is 2.62. The van der Waals surface area contributed by atoms with Gasteiger partial charge in [0.15, 0.2) is 0 Å². The van der Waals surface area contributed by atoms with Crippen molar-refractivity contribution < 1.29 is 14.3 Å². The van der Waals surface area contributed by atoms with Crippen LogP contribution in [0.5, 0.6) is 0 Å². The SMILES string of the molecule is COC(=O)CC(NC(=O)Cn1c(CSC)nc2ccccc21)c1ccc(Br)cc1. The molecule has 3 rings (SSSR count). The zero-order chi connectivity index (χ0) is 20.8. The third-order valence-electron chi connectivity index (χ3n) is 4.51. The molecule has 1 heterocycles. The van der Waals surface area contributed by atoms with E-state index in [1.54, 1.807) is 11.8 Å². The van der Waals surface area contributed by atoms with Gasteiger partial charge in [-0.25, -0.2) is 4.98 Å². The van der Waals surface area contributed by atoms with E-state index in [-0.39, 0.29) is 24.8 Å². The van der Waals surface area contributed by atoms with Crippen molar-refractivity contribution in [2.75, 3.05) is 13.4 Å². The number of nitrogens with zero attached hydrogens (tertiary/aromatic N) is 2. The summed E-state index contributed by atoms with van der Waals surface area (Å²) < 4.78 is 7.66. The number of methoxy groups -OCH3 is 1. The average Bonchev–Trinajstić information content (AvgIpc) is 3.05. The second-order valence-corrected chi connectivity index (χ2v) is 8.27. The summed E-state index contributed by atoms with van der Waals surface area (Å²) in [4.78, 5) is 29.4. The van der Waals surface area contributed by atoms with Crippen LogP contribution in [0.4, 0.5) is 0 Å². The maximum atomic E-state index is 12.9. The molecule has 29 heavy (non-hydrogen) atoms. The molecule has 0 aliphatic carbocycles. The van der Waals surface area contributed by atoms with Crippen LogP contribution in [0.3, 0.4) is 0 Å². The summed E-state index contributed by atoms with van der Waals surface area (Å²) >= 11 is 5.06. The number of rotatable bonds is 8. The Bertz CT molecular complexity index is 1000. The number of aromatic nitrogens is 2. The summed E-state index contributed by atoms with van der Waals surface area (Å²) in [7, 11) is 1.34. The van der Waals surface area contributed by atoms with Gasteiger partial charge >= 0.3 is 5.97 Å². The zero-order valence-electron chi connectivity index (χ0n) is 16.2. The summed E-state index contributed by atoms with van der Waals surface area (Å²) in [5, 5.41) is 2.98. The molecule has 0 saturated carbocycles. The Morgan fingerprint density at radius 1 is 1.21 bits per heavy atom. The molecule has 0 aliphatic rings. The minimum Gasteiger partial charge on any atom is -0.469 e. The Morgan fingerprint density at radius 3 is 2.62 bits per heavy atom. The van der Waals surface area contributed by atoms with Crippen LogP contribution in [-0.2, 0) is 26.6 Å². The summed E-state index contributed by atoms with van der Waals surface area (Å²) in [6.07, 6.45) is 2.07. The molecule has 0 aliphatic heterocycles. The van der Waals surface area contributed by atoms with Crippen LogP contribution in [0.2, 0.25) is 0 Å². The number of carbonyl (C=O) groups is 2. The molecule has 1 aromatic heterocycles. The van der Waals surface area contributed by atoms with Crippen molar-refractivity contribution >= 4 is 50.6 Å². The van der Waals surface area contributed by atoms with Gasteiger partial charge in [-0.1, -0.05) is 40.2 Å². The number of amides is 1. The molecule has 1 unspecified atom stereocenters. The summed E-state index contributed by atoms with van der Waals surface area (Å²) in [6, 6.07) is 14.8. The van der Waals surface area contributed by atoms with Gasteiger partial charge in [-0.15, -0.1) is 0 Å². The first-order chi connectivity index (χ1) is 14.0. The fourth-order valence-electron chi connectivity index (χ4n) is 3.12. The van der Waals surface area contributed by atoms with E-state index in [0.717, 1.165) is 26.9 Å². The smallest absolute Gasteiger partial charge is 0.307 e. The summed E-state index contributed by atoms with van der Waals surface area (Å²) in [6.45, 7) is 0.130. The van der Waals surface area contributed by atoms with Gasteiger partial charge in [-0.3, -0.25) is 9.59 Å². The van der Waals surface area contributed by atoms with E-state index in [0.29, 0.717) is 5.75 Å². The number of para-hydroxylation sites is 2. The van der Waals surface area contributed by atoms with Crippen molar-refractivity contribution in [2.24, 2.45) is 0 Å². The summed E-state index contributed by atoms with van der Waals surface area (Å²) in [5.74, 6) is 0.990. The van der Waals surface area contributed by atoms with Crippen LogP contribution >= 0.6 is 27.7 Å². The molecule has 1 amide bonds. The predicted molar refractivity (Wildman–Crippen MR) is 119 cm³/mol. The fraction of sp³-hybridized carbons (Fsp3) is 0.286. The van der Waals surface area contributed by atoms with Gasteiger partial charge in [0.1, 0.15) is 12.4 Å². The van der Waals surface area contributed by atoms with Crippen molar-refractivity contribution in [2.45, 2.75) is 24.8 Å². The van der Waals surface area contributed by atoms with E-state index < -0.39 is 6.04 Å². The number of thioether (sulfide) groups is 1. The quantitative estimate of drug-likeness (QED) is 0.496. The van der Waals surface area contributed by atoms with Crippen molar-refractivity contribution in [3.63, 3.8) is 0 Å². The molecule has 0 spiro atoms. The number of ether oxygens (including phenoxy) is 1. The number of imidazole rings is 1. The Balaban J connectivity index is 1.83. The molecule has 8 heteroatoms. The van der Waals surface area contributed by atoms with Crippen molar-refractivity contribution in [3.05, 3.63) is 64.4 Å². The van der Waals surface area contributed by atoms with Crippen molar-refractivity contribution in [1.82, 2.24) is 14.9 Å². The highest BCUT2D eigenvalue weighted by Crippen LogP contribution is 2.22. The second-order valence-electron chi connectivity index (χ2n) is 6.49. The number of halogens is 1. The van der Waals surface area contributed by atoms with Crippen molar-refractivity contribution in [1.29, 1.82) is 0 Å². The van der Waals surface area contributed by atoms with E-state index in [4.69, 9.17) is 4.74 Å². The van der Waals surface area contributed by atoms with Gasteiger partial charge in [0.2, 0.25) is 5.91 Å². The first kappa shape index (κ1) is 21.4. The Labute approximate surface area is 182 Å². The van der Waals surface area contributed by atoms with Gasteiger partial charge < -0.3 is 14.6 Å². The third-order valence-corrected chi connectivity index (χ3v) is 5.59. The number of hydrogen-bond donors (Lipinski definition) is 1. The van der Waals surface area contributed by atoms with Gasteiger partial charge in [-0.2, -0.15) is 11.8 Å². The van der Waals surface area contributed by atoms with Gasteiger partial charge in [-0.05, 0) is 36.1 Å². The number of benzene rings is 2. The molecular formula is C21H22BrN3O3S. The van der Waals surface area contributed by atoms with Gasteiger partial charge in [0.25, 0.3) is 0 Å². The molecule has 1 N–H and O–H groups in total. The highest BCUT2D eigenvalue weighted by Gasteiger charge is 2.20. The number of fused-ring (bicyclic) bond motifs is 1. The largest absolute Gasteiger partial charge is 0.469 e. The topological polar surface area (TPSA) is 73.2 Å². The fourth-order valence-corrected chi connectivity index (χ4v) is 3.86. The van der Waals surface area contributed by atoms with Crippen LogP contribution in [-0.4, -0.2) is 34.8 Å². The molecule has 1 atom stereocenters. The molecule has 3 aromatic rings. The normalized spacial score (nSPS) is 12.0. The molecule has 0 radical (unpaired) electrons. The average molecular weight is 476 g/mol. The standard InChI is InChI=1S/C21H22BrN3O3S/c1-28-21(27)11-17(14-7-9-15(22)10-8-14)24-20(26)12-25-18-6-4-3-5-16(18)23-19(25)13-29-2/h3-10,17H,11-13H2,1-2H3,(H,24,26). The lowest BCUT2D eigenvalue weighted by atomic mass is 10.0. The Hall–Kier alpha value is -2.32. The van der Waals surface area contributed by atoms with Crippen LogP contribution in [0.1, 0.15) is 23.9 Å². The van der Waals surface area contributed by atoms with E-state index in [1.807, 2.05) is 59.4 Å². The van der Waals surface area contributed by atoms with Crippen LogP contribution in [0.15, 0.2) is 53.0 Å². The number of hydrogen-bond acceptors (Lipinski definition) is 5. The van der Waals surface area contributed by atoms with E-state index in [1.165, 1.54) is 7.11 Å². The number of carbonyl (C=O) groups excluding carboxylic acids is 2. The Kier molecular flexibility index (Phi) is 7.33. The molecular weight excluding hydrogens is 454 g/mol. The highest BCUT2D eigenvalue weighted by molar-refractivity contribution is 9.10. The molecule has 152 valence electrons. The van der Waals surface area contributed by atoms with Crippen LogP contribution in [0, 0.1) is 0 Å². The predicted octanol–water partition coefficient (Wildman–Crippen LogP) is 4.08. The third kappa shape index (κ3) is 5.39. The maximum absolute atomic E-state index is 12.9. The van der Waals surface area contributed by atoms with Crippen molar-refractivity contribution in [3.8, 4) is 0 Å². The lowest BCUT2D eigenvalue weighted by Gasteiger charge is -2.19. The van der Waals surface area contributed by atoms with E-state index in [2.05, 4.69) is 26.2 Å². The molecule has 0 fully saturated rings. The van der Waals surface area contributed by atoms with Crippen LogP contribution < -0.4 is 5.32 Å². The molecule has 0 saturated heterocycles. The lowest BCUT2D eigenvalue weighted by Crippen LogP contribution is -2.33. The highest BCUT2D eigenvalue weighted by atomic mass is 79.9. The van der Waals surface area contributed by atoms with Gasteiger partial charge in [0, 0.05) is 4.47 Å². The minimum absolute atomic E-state index is 0.0617. The number of nitrogens with one attached hydrogen (secondary N) is 1. The van der Waals surface area contributed by atoms with E-state index >= 15 is 0 Å². The number of esters is 1. The molecule has 2 aromatic carbocycles. The Morgan fingerprint density at radius 2 is 1.93 bits per heavy atom. The molecule has 6 nitrogen and oxygen atoms in total. The zero-order valence-corrected chi connectivity index (χ0v) is 18.6. The monoisotopic (exact) mass is 475 g/mol.